The summed E-state index contributed by atoms with van der Waals surface area (Å²) < 4.78 is 5.54. The van der Waals surface area contributed by atoms with Crippen molar-refractivity contribution in [1.82, 2.24) is 15.6 Å². The van der Waals surface area contributed by atoms with E-state index in [1.807, 2.05) is 18.2 Å². The van der Waals surface area contributed by atoms with Gasteiger partial charge in [-0.15, -0.1) is 5.10 Å². The van der Waals surface area contributed by atoms with Crippen molar-refractivity contribution >= 4 is 16.7 Å². The molecule has 0 fully saturated rings. The highest BCUT2D eigenvalue weighted by molar-refractivity contribution is 5.84. The van der Waals surface area contributed by atoms with Gasteiger partial charge in [0.05, 0.1) is 5.69 Å². The normalized spacial score (nSPS) is 11.1. The minimum Gasteiger partial charge on any atom is -0.436 e. The van der Waals surface area contributed by atoms with E-state index in [1.165, 1.54) is 0 Å². The molecule has 0 unspecified atom stereocenters. The summed E-state index contributed by atoms with van der Waals surface area (Å²) in [5.41, 5.74) is 7.56. The Balaban J connectivity index is 2.27. The van der Waals surface area contributed by atoms with Gasteiger partial charge in [0.2, 0.25) is 5.89 Å². The molecule has 0 spiro atoms. The van der Waals surface area contributed by atoms with E-state index in [2.05, 4.69) is 21.0 Å². The second-order valence-electron chi connectivity index (χ2n) is 3.65. The van der Waals surface area contributed by atoms with Crippen LogP contribution >= 0.6 is 0 Å². The second-order valence-corrected chi connectivity index (χ2v) is 3.65. The quantitative estimate of drug-likeness (QED) is 0.575. The van der Waals surface area contributed by atoms with Gasteiger partial charge in [0.1, 0.15) is 11.1 Å². The van der Waals surface area contributed by atoms with Crippen LogP contribution in [0.25, 0.3) is 22.4 Å². The van der Waals surface area contributed by atoms with Gasteiger partial charge in [-0.2, -0.15) is 0 Å². The van der Waals surface area contributed by atoms with Gasteiger partial charge in [-0.25, -0.2) is 10.5 Å². The lowest BCUT2D eigenvalue weighted by molar-refractivity contribution is 0.598. The molecule has 0 saturated carbocycles. The highest BCUT2D eigenvalue weighted by Gasteiger charge is 2.13. The van der Waals surface area contributed by atoms with E-state index in [0.29, 0.717) is 17.0 Å². The van der Waals surface area contributed by atoms with Crippen LogP contribution in [0.3, 0.4) is 0 Å². The van der Waals surface area contributed by atoms with Crippen molar-refractivity contribution in [3.63, 3.8) is 0 Å². The molecule has 0 atom stereocenters. The number of hydrazine groups is 1. The molecule has 1 aromatic rings. The highest BCUT2D eigenvalue weighted by atomic mass is 16.3. The Hall–Kier alpha value is -2.34. The maximum Gasteiger partial charge on any atom is 0.277 e. The Morgan fingerprint density at radius 3 is 3.06 bits per heavy atom. The summed E-state index contributed by atoms with van der Waals surface area (Å²) in [5.74, 6) is 0.323. The first kappa shape index (κ1) is 9.86. The van der Waals surface area contributed by atoms with Crippen molar-refractivity contribution < 1.29 is 4.42 Å². The second kappa shape index (κ2) is 3.60. The molecule has 0 aliphatic carbocycles. The largest absolute Gasteiger partial charge is 0.436 e. The third-order valence-corrected chi connectivity index (χ3v) is 2.52. The lowest BCUT2D eigenvalue weighted by Gasteiger charge is -2.05. The van der Waals surface area contributed by atoms with E-state index in [1.54, 1.807) is 13.1 Å². The zero-order valence-electron chi connectivity index (χ0n) is 9.07. The lowest BCUT2D eigenvalue weighted by atomic mass is 10.1. The summed E-state index contributed by atoms with van der Waals surface area (Å²) in [5, 5.41) is 7.03. The summed E-state index contributed by atoms with van der Waals surface area (Å²) in [4.78, 5) is 11.4. The summed E-state index contributed by atoms with van der Waals surface area (Å²) in [6.07, 6.45) is 0. The monoisotopic (exact) mass is 230 g/mol. The van der Waals surface area contributed by atoms with Gasteiger partial charge in [-0.3, -0.25) is 4.79 Å². The molecule has 0 bridgehead atoms. The SMILES string of the molecule is CNNc1ccc2cc3c(=O)[nH]nc-3oc2c1. The Kier molecular flexibility index (Phi) is 2.09. The number of anilines is 1. The number of hydrogen-bond acceptors (Lipinski definition) is 5. The molecule has 2 aliphatic rings. The van der Waals surface area contributed by atoms with E-state index < -0.39 is 0 Å². The number of fused-ring (bicyclic) bond motifs is 2. The number of rotatable bonds is 2. The topological polar surface area (TPSA) is 83.0 Å². The fourth-order valence-electron chi connectivity index (χ4n) is 1.75. The number of aromatic amines is 1. The number of aromatic nitrogens is 2. The molecule has 2 heterocycles. The summed E-state index contributed by atoms with van der Waals surface area (Å²) in [6.45, 7) is 0. The van der Waals surface area contributed by atoms with Crippen molar-refractivity contribution in [2.45, 2.75) is 0 Å². The van der Waals surface area contributed by atoms with Gasteiger partial charge < -0.3 is 9.84 Å². The van der Waals surface area contributed by atoms with Crippen LogP contribution in [0.5, 0.6) is 0 Å². The Labute approximate surface area is 95.9 Å². The van der Waals surface area contributed by atoms with Gasteiger partial charge in [-0.05, 0) is 18.2 Å². The summed E-state index contributed by atoms with van der Waals surface area (Å²) in [7, 11) is 1.78. The lowest BCUT2D eigenvalue weighted by Crippen LogP contribution is -2.14. The maximum absolute atomic E-state index is 11.4. The molecule has 17 heavy (non-hydrogen) atoms. The molecule has 0 radical (unpaired) electrons. The summed E-state index contributed by atoms with van der Waals surface area (Å²) >= 11 is 0. The smallest absolute Gasteiger partial charge is 0.277 e. The van der Waals surface area contributed by atoms with Crippen molar-refractivity contribution in [3.05, 3.63) is 34.6 Å². The predicted octanol–water partition coefficient (Wildman–Crippen LogP) is 1.17. The van der Waals surface area contributed by atoms with Crippen LogP contribution in [0.4, 0.5) is 5.69 Å². The first-order chi connectivity index (χ1) is 8.28. The van der Waals surface area contributed by atoms with Crippen LogP contribution in [0, 0.1) is 0 Å². The fourth-order valence-corrected chi connectivity index (χ4v) is 1.75. The van der Waals surface area contributed by atoms with Crippen LogP contribution in [-0.2, 0) is 0 Å². The third kappa shape index (κ3) is 1.55. The van der Waals surface area contributed by atoms with E-state index in [4.69, 9.17) is 4.42 Å². The molecule has 6 heteroatoms. The van der Waals surface area contributed by atoms with Crippen LogP contribution < -0.4 is 16.4 Å². The molecule has 0 aromatic heterocycles. The molecule has 0 saturated heterocycles. The molecule has 1 aromatic carbocycles. The molecule has 3 rings (SSSR count). The standard InChI is InChI=1S/C11H10N4O2/c1-12-13-7-3-2-6-4-8-10(16)14-15-11(8)17-9(6)5-7/h2-5,12-13H,1H3,(H,14,16). The Bertz CT molecular complexity index is 700. The van der Waals surface area contributed by atoms with Crippen molar-refractivity contribution in [1.29, 1.82) is 0 Å². The van der Waals surface area contributed by atoms with E-state index in [-0.39, 0.29) is 5.56 Å². The zero-order chi connectivity index (χ0) is 11.8. The zero-order valence-corrected chi connectivity index (χ0v) is 9.07. The fraction of sp³-hybridized carbons (Fsp3) is 0.0909. The maximum atomic E-state index is 11.4. The number of nitrogens with zero attached hydrogens (tertiary/aromatic N) is 1. The van der Waals surface area contributed by atoms with Crippen LogP contribution in [-0.4, -0.2) is 17.2 Å². The summed E-state index contributed by atoms with van der Waals surface area (Å²) in [6, 6.07) is 7.38. The highest BCUT2D eigenvalue weighted by Crippen LogP contribution is 2.25. The van der Waals surface area contributed by atoms with E-state index in [0.717, 1.165) is 11.1 Å². The van der Waals surface area contributed by atoms with Crippen molar-refractivity contribution in [2.24, 2.45) is 0 Å². The first-order valence-corrected chi connectivity index (χ1v) is 5.12. The van der Waals surface area contributed by atoms with Gasteiger partial charge in [0.15, 0.2) is 0 Å². The number of hydrogen-bond donors (Lipinski definition) is 3. The molecule has 6 nitrogen and oxygen atoms in total. The van der Waals surface area contributed by atoms with Crippen LogP contribution in [0.15, 0.2) is 33.5 Å². The molecule has 0 amide bonds. The van der Waals surface area contributed by atoms with E-state index >= 15 is 0 Å². The minimum absolute atomic E-state index is 0.233. The van der Waals surface area contributed by atoms with E-state index in [9.17, 15) is 4.79 Å². The molecule has 3 N–H and O–H groups in total. The molecule has 86 valence electrons. The number of nitrogens with one attached hydrogen (secondary N) is 3. The minimum atomic E-state index is -0.233. The van der Waals surface area contributed by atoms with Gasteiger partial charge in [0.25, 0.3) is 5.56 Å². The predicted molar refractivity (Wildman–Crippen MR) is 63.9 cm³/mol. The average Bonchev–Trinajstić information content (AvgIpc) is 2.68. The number of H-pyrrole nitrogens is 1. The molecule has 2 aliphatic heterocycles. The van der Waals surface area contributed by atoms with Gasteiger partial charge >= 0.3 is 0 Å². The Morgan fingerprint density at radius 1 is 1.35 bits per heavy atom. The van der Waals surface area contributed by atoms with Gasteiger partial charge in [-0.1, -0.05) is 0 Å². The van der Waals surface area contributed by atoms with Crippen molar-refractivity contribution in [2.75, 3.05) is 12.5 Å². The third-order valence-electron chi connectivity index (χ3n) is 2.52. The average molecular weight is 230 g/mol. The van der Waals surface area contributed by atoms with Crippen molar-refractivity contribution in [3.8, 4) is 11.5 Å². The number of benzene rings is 1. The first-order valence-electron chi connectivity index (χ1n) is 5.12. The Morgan fingerprint density at radius 2 is 2.24 bits per heavy atom. The molecular weight excluding hydrogens is 220 g/mol. The molecular formula is C11H10N4O2. The van der Waals surface area contributed by atoms with Gasteiger partial charge in [0, 0.05) is 18.5 Å². The van der Waals surface area contributed by atoms with Crippen LogP contribution in [0.1, 0.15) is 0 Å². The van der Waals surface area contributed by atoms with Crippen LogP contribution in [0.2, 0.25) is 0 Å².